The third-order valence-electron chi connectivity index (χ3n) is 2.39. The van der Waals surface area contributed by atoms with E-state index in [-0.39, 0.29) is 0 Å². The minimum Gasteiger partial charge on any atom is -0.396 e. The van der Waals surface area contributed by atoms with Gasteiger partial charge in [0.2, 0.25) is 0 Å². The van der Waals surface area contributed by atoms with E-state index in [4.69, 9.17) is 5.11 Å². The number of hydrogen-bond donors (Lipinski definition) is 2. The molecule has 0 spiro atoms. The summed E-state index contributed by atoms with van der Waals surface area (Å²) in [5.74, 6) is 0. The Bertz CT molecular complexity index is 100. The zero-order chi connectivity index (χ0) is 9.45. The van der Waals surface area contributed by atoms with Crippen LogP contribution in [0.15, 0.2) is 0 Å². The van der Waals surface area contributed by atoms with Gasteiger partial charge in [-0.25, -0.2) is 0 Å². The molecule has 0 aromatic heterocycles. The first kappa shape index (κ1) is 11.9. The smallest absolute Gasteiger partial charge is 0.0617 e. The van der Waals surface area contributed by atoms with Crippen molar-refractivity contribution in [3.8, 4) is 0 Å². The Hall–Kier alpha value is -0.0800. The maximum atomic E-state index is 9.63. The van der Waals surface area contributed by atoms with Gasteiger partial charge in [0.15, 0.2) is 0 Å². The topological polar surface area (TPSA) is 40.5 Å². The maximum absolute atomic E-state index is 9.63. The lowest BCUT2D eigenvalue weighted by molar-refractivity contribution is 0.0442. The number of rotatable bonds is 7. The molecule has 0 saturated carbocycles. The predicted octanol–water partition coefficient (Wildman–Crippen LogP) is 2.09. The van der Waals surface area contributed by atoms with Gasteiger partial charge < -0.3 is 10.2 Å². The van der Waals surface area contributed by atoms with E-state index < -0.39 is 5.60 Å². The van der Waals surface area contributed by atoms with Crippen LogP contribution in [0.3, 0.4) is 0 Å². The molecule has 0 aliphatic carbocycles. The quantitative estimate of drug-likeness (QED) is 0.580. The Labute approximate surface area is 75.6 Å². The van der Waals surface area contributed by atoms with E-state index in [2.05, 4.69) is 0 Å². The molecule has 0 aliphatic heterocycles. The molecule has 12 heavy (non-hydrogen) atoms. The monoisotopic (exact) mass is 174 g/mol. The molecule has 0 amide bonds. The zero-order valence-electron chi connectivity index (χ0n) is 8.34. The molecule has 0 saturated heterocycles. The zero-order valence-corrected chi connectivity index (χ0v) is 8.34. The first-order valence-corrected chi connectivity index (χ1v) is 4.95. The first-order chi connectivity index (χ1) is 5.62. The van der Waals surface area contributed by atoms with Crippen LogP contribution in [0.25, 0.3) is 0 Å². The Morgan fingerprint density at radius 1 is 1.08 bits per heavy atom. The van der Waals surface area contributed by atoms with Crippen LogP contribution >= 0.6 is 0 Å². The number of unbranched alkanes of at least 4 members (excludes halogenated alkanes) is 3. The van der Waals surface area contributed by atoms with Crippen molar-refractivity contribution in [2.45, 2.75) is 58.0 Å². The summed E-state index contributed by atoms with van der Waals surface area (Å²) in [5.41, 5.74) is -0.473. The molecule has 2 N–H and O–H groups in total. The highest BCUT2D eigenvalue weighted by Gasteiger charge is 2.15. The van der Waals surface area contributed by atoms with Crippen molar-refractivity contribution in [3.05, 3.63) is 0 Å². The molecule has 0 heterocycles. The van der Waals surface area contributed by atoms with Crippen LogP contribution in [0.2, 0.25) is 0 Å². The predicted molar refractivity (Wildman–Crippen MR) is 51.1 cm³/mol. The van der Waals surface area contributed by atoms with Gasteiger partial charge in [-0.15, -0.1) is 0 Å². The second kappa shape index (κ2) is 6.44. The largest absolute Gasteiger partial charge is 0.396 e. The average molecular weight is 174 g/mol. The van der Waals surface area contributed by atoms with Gasteiger partial charge in [-0.1, -0.05) is 26.2 Å². The highest BCUT2D eigenvalue weighted by atomic mass is 16.3. The van der Waals surface area contributed by atoms with Crippen LogP contribution in [0, 0.1) is 0 Å². The van der Waals surface area contributed by atoms with E-state index in [0.717, 1.165) is 38.5 Å². The van der Waals surface area contributed by atoms with E-state index in [1.165, 1.54) is 0 Å². The van der Waals surface area contributed by atoms with Gasteiger partial charge >= 0.3 is 0 Å². The SMILES string of the molecule is CCC(C)(O)CCCCCCO. The van der Waals surface area contributed by atoms with Gasteiger partial charge in [-0.05, 0) is 26.2 Å². The van der Waals surface area contributed by atoms with Crippen molar-refractivity contribution in [2.24, 2.45) is 0 Å². The molecule has 2 heteroatoms. The highest BCUT2D eigenvalue weighted by molar-refractivity contribution is 4.69. The number of aliphatic hydroxyl groups excluding tert-OH is 1. The molecular weight excluding hydrogens is 152 g/mol. The summed E-state index contributed by atoms with van der Waals surface area (Å²) in [7, 11) is 0. The summed E-state index contributed by atoms with van der Waals surface area (Å²) >= 11 is 0. The van der Waals surface area contributed by atoms with E-state index in [1.807, 2.05) is 13.8 Å². The average Bonchev–Trinajstić information content (AvgIpc) is 2.04. The molecule has 0 aromatic rings. The van der Waals surface area contributed by atoms with E-state index in [0.29, 0.717) is 6.61 Å². The summed E-state index contributed by atoms with van der Waals surface area (Å²) in [6.07, 6.45) is 5.88. The fraction of sp³-hybridized carbons (Fsp3) is 1.00. The van der Waals surface area contributed by atoms with Gasteiger partial charge in [-0.2, -0.15) is 0 Å². The number of hydrogen-bond acceptors (Lipinski definition) is 2. The Morgan fingerprint density at radius 2 is 1.67 bits per heavy atom. The normalized spacial score (nSPS) is 16.0. The minimum atomic E-state index is -0.473. The van der Waals surface area contributed by atoms with Crippen molar-refractivity contribution in [1.82, 2.24) is 0 Å². The van der Waals surface area contributed by atoms with Gasteiger partial charge in [0.05, 0.1) is 5.60 Å². The van der Waals surface area contributed by atoms with Crippen LogP contribution in [-0.2, 0) is 0 Å². The van der Waals surface area contributed by atoms with E-state index >= 15 is 0 Å². The van der Waals surface area contributed by atoms with Gasteiger partial charge in [0, 0.05) is 6.61 Å². The molecule has 0 bridgehead atoms. The van der Waals surface area contributed by atoms with Crippen LogP contribution in [0.1, 0.15) is 52.4 Å². The molecule has 0 radical (unpaired) electrons. The molecule has 0 rings (SSSR count). The minimum absolute atomic E-state index is 0.296. The third kappa shape index (κ3) is 6.62. The van der Waals surface area contributed by atoms with Crippen molar-refractivity contribution >= 4 is 0 Å². The summed E-state index contributed by atoms with van der Waals surface area (Å²) in [5, 5.41) is 18.2. The summed E-state index contributed by atoms with van der Waals surface area (Å²) in [6.45, 7) is 4.19. The molecule has 0 aliphatic rings. The lowest BCUT2D eigenvalue weighted by Gasteiger charge is -2.20. The van der Waals surface area contributed by atoms with Crippen molar-refractivity contribution in [1.29, 1.82) is 0 Å². The van der Waals surface area contributed by atoms with Gasteiger partial charge in [0.25, 0.3) is 0 Å². The van der Waals surface area contributed by atoms with Gasteiger partial charge in [0.1, 0.15) is 0 Å². The molecule has 1 atom stereocenters. The second-order valence-corrected chi connectivity index (χ2v) is 3.74. The molecule has 0 aromatic carbocycles. The lowest BCUT2D eigenvalue weighted by Crippen LogP contribution is -2.22. The Balaban J connectivity index is 3.19. The molecule has 0 fully saturated rings. The standard InChI is InChI=1S/C10H22O2/c1-3-10(2,12)8-6-4-5-7-9-11/h11-12H,3-9H2,1-2H3. The fourth-order valence-corrected chi connectivity index (χ4v) is 1.15. The molecular formula is C10H22O2. The van der Waals surface area contributed by atoms with Crippen molar-refractivity contribution in [2.75, 3.05) is 6.61 Å². The number of aliphatic hydroxyl groups is 2. The van der Waals surface area contributed by atoms with Crippen LogP contribution in [0.5, 0.6) is 0 Å². The highest BCUT2D eigenvalue weighted by Crippen LogP contribution is 2.17. The fourth-order valence-electron chi connectivity index (χ4n) is 1.15. The summed E-state index contributed by atoms with van der Waals surface area (Å²) in [4.78, 5) is 0. The van der Waals surface area contributed by atoms with Crippen LogP contribution in [-0.4, -0.2) is 22.4 Å². The second-order valence-electron chi connectivity index (χ2n) is 3.74. The Morgan fingerprint density at radius 3 is 2.17 bits per heavy atom. The van der Waals surface area contributed by atoms with Crippen LogP contribution in [0.4, 0.5) is 0 Å². The lowest BCUT2D eigenvalue weighted by atomic mass is 9.95. The van der Waals surface area contributed by atoms with Crippen molar-refractivity contribution in [3.63, 3.8) is 0 Å². The van der Waals surface area contributed by atoms with Gasteiger partial charge in [-0.3, -0.25) is 0 Å². The summed E-state index contributed by atoms with van der Waals surface area (Å²) in [6, 6.07) is 0. The first-order valence-electron chi connectivity index (χ1n) is 4.95. The Kier molecular flexibility index (Phi) is 6.39. The van der Waals surface area contributed by atoms with E-state index in [9.17, 15) is 5.11 Å². The van der Waals surface area contributed by atoms with E-state index in [1.54, 1.807) is 0 Å². The van der Waals surface area contributed by atoms with Crippen LogP contribution < -0.4 is 0 Å². The molecule has 74 valence electrons. The maximum Gasteiger partial charge on any atom is 0.0617 e. The molecule has 1 unspecified atom stereocenters. The molecule has 2 nitrogen and oxygen atoms in total. The summed E-state index contributed by atoms with van der Waals surface area (Å²) < 4.78 is 0. The van der Waals surface area contributed by atoms with Crippen molar-refractivity contribution < 1.29 is 10.2 Å². The third-order valence-corrected chi connectivity index (χ3v) is 2.39.